The van der Waals surface area contributed by atoms with Crippen LogP contribution >= 0.6 is 0 Å². The molecule has 0 unspecified atom stereocenters. The highest BCUT2D eigenvalue weighted by Gasteiger charge is 2.17. The molecule has 5 nitrogen and oxygen atoms in total. The van der Waals surface area contributed by atoms with Crippen molar-refractivity contribution in [2.75, 3.05) is 25.6 Å². The first-order chi connectivity index (χ1) is 7.68. The minimum atomic E-state index is 0.573. The molecule has 90 valence electrons. The van der Waals surface area contributed by atoms with Crippen molar-refractivity contribution in [1.29, 1.82) is 0 Å². The highest BCUT2D eigenvalue weighted by molar-refractivity contribution is 5.52. The van der Waals surface area contributed by atoms with E-state index in [0.29, 0.717) is 24.1 Å². The summed E-state index contributed by atoms with van der Waals surface area (Å²) >= 11 is 0. The number of nitrogens with two attached hydrogens (primary N) is 1. The predicted molar refractivity (Wildman–Crippen MR) is 61.4 cm³/mol. The van der Waals surface area contributed by atoms with E-state index in [9.17, 15) is 0 Å². The topological polar surface area (TPSA) is 62.3 Å². The Kier molecular flexibility index (Phi) is 3.33. The monoisotopic (exact) mass is 225 g/mol. The Labute approximate surface area is 95.5 Å². The summed E-state index contributed by atoms with van der Waals surface area (Å²) in [6.45, 7) is 4.27. The van der Waals surface area contributed by atoms with Gasteiger partial charge in [-0.25, -0.2) is 4.68 Å². The average molecular weight is 225 g/mol. The summed E-state index contributed by atoms with van der Waals surface area (Å²) in [7, 11) is 1.85. The molecule has 0 saturated carbocycles. The molecule has 2 rings (SSSR count). The van der Waals surface area contributed by atoms with Crippen LogP contribution in [0.1, 0.15) is 18.5 Å². The van der Waals surface area contributed by atoms with E-state index < -0.39 is 0 Å². The molecule has 0 aromatic carbocycles. The van der Waals surface area contributed by atoms with Crippen molar-refractivity contribution in [2.24, 2.45) is 13.0 Å². The summed E-state index contributed by atoms with van der Waals surface area (Å²) in [4.78, 5) is 0. The molecule has 1 aromatic rings. The van der Waals surface area contributed by atoms with Crippen LogP contribution in [0.25, 0.3) is 0 Å². The number of nitrogen functional groups attached to an aromatic ring is 1. The number of ether oxygens (including phenoxy) is 2. The standard InChI is InChI=1S/C11H19N3O2/c1-8-10(12)11(14(2)13-8)16-7-9-3-5-15-6-4-9/h9H,3-7,12H2,1-2H3. The molecule has 2 heterocycles. The van der Waals surface area contributed by atoms with Crippen LogP contribution in [-0.2, 0) is 11.8 Å². The van der Waals surface area contributed by atoms with E-state index in [-0.39, 0.29) is 0 Å². The molecule has 0 bridgehead atoms. The Morgan fingerprint density at radius 2 is 2.19 bits per heavy atom. The van der Waals surface area contributed by atoms with Crippen LogP contribution in [0, 0.1) is 12.8 Å². The van der Waals surface area contributed by atoms with Gasteiger partial charge in [0, 0.05) is 20.3 Å². The zero-order valence-electron chi connectivity index (χ0n) is 9.90. The van der Waals surface area contributed by atoms with Gasteiger partial charge in [0.2, 0.25) is 5.88 Å². The largest absolute Gasteiger partial charge is 0.476 e. The third kappa shape index (κ3) is 2.29. The smallest absolute Gasteiger partial charge is 0.235 e. The second-order valence-corrected chi connectivity index (χ2v) is 4.29. The van der Waals surface area contributed by atoms with Gasteiger partial charge in [-0.15, -0.1) is 0 Å². The van der Waals surface area contributed by atoms with Crippen LogP contribution in [0.15, 0.2) is 0 Å². The molecule has 0 amide bonds. The van der Waals surface area contributed by atoms with Crippen molar-refractivity contribution in [1.82, 2.24) is 9.78 Å². The quantitative estimate of drug-likeness (QED) is 0.837. The van der Waals surface area contributed by atoms with Crippen molar-refractivity contribution < 1.29 is 9.47 Å². The first-order valence-corrected chi connectivity index (χ1v) is 5.68. The fraction of sp³-hybridized carbons (Fsp3) is 0.727. The minimum Gasteiger partial charge on any atom is -0.476 e. The van der Waals surface area contributed by atoms with Gasteiger partial charge in [-0.3, -0.25) is 0 Å². The molecule has 0 radical (unpaired) electrons. The van der Waals surface area contributed by atoms with Gasteiger partial charge in [-0.05, 0) is 25.7 Å². The Hall–Kier alpha value is -1.23. The van der Waals surface area contributed by atoms with Gasteiger partial charge in [-0.2, -0.15) is 5.10 Å². The van der Waals surface area contributed by atoms with Gasteiger partial charge < -0.3 is 15.2 Å². The fourth-order valence-corrected chi connectivity index (χ4v) is 1.93. The van der Waals surface area contributed by atoms with Gasteiger partial charge in [0.25, 0.3) is 0 Å². The molecule has 1 saturated heterocycles. The van der Waals surface area contributed by atoms with Crippen LogP contribution in [0.5, 0.6) is 5.88 Å². The lowest BCUT2D eigenvalue weighted by atomic mass is 10.0. The maximum Gasteiger partial charge on any atom is 0.235 e. The summed E-state index contributed by atoms with van der Waals surface area (Å²) in [6, 6.07) is 0. The van der Waals surface area contributed by atoms with E-state index in [1.807, 2.05) is 14.0 Å². The maximum absolute atomic E-state index is 5.89. The highest BCUT2D eigenvalue weighted by atomic mass is 16.5. The first kappa shape index (κ1) is 11.3. The van der Waals surface area contributed by atoms with Crippen LogP contribution in [0.3, 0.4) is 0 Å². The first-order valence-electron chi connectivity index (χ1n) is 5.68. The van der Waals surface area contributed by atoms with Crippen molar-refractivity contribution in [3.63, 3.8) is 0 Å². The zero-order chi connectivity index (χ0) is 11.5. The van der Waals surface area contributed by atoms with Crippen LogP contribution in [-0.4, -0.2) is 29.6 Å². The second-order valence-electron chi connectivity index (χ2n) is 4.29. The maximum atomic E-state index is 5.89. The Bertz CT molecular complexity index is 356. The average Bonchev–Trinajstić information content (AvgIpc) is 2.53. The fourth-order valence-electron chi connectivity index (χ4n) is 1.93. The van der Waals surface area contributed by atoms with E-state index in [1.165, 1.54) is 0 Å². The SMILES string of the molecule is Cc1nn(C)c(OCC2CCOCC2)c1N. The van der Waals surface area contributed by atoms with Gasteiger partial charge in [0.15, 0.2) is 0 Å². The Morgan fingerprint density at radius 3 is 2.75 bits per heavy atom. The molecular formula is C11H19N3O2. The third-order valence-corrected chi connectivity index (χ3v) is 3.01. The van der Waals surface area contributed by atoms with Gasteiger partial charge in [0.1, 0.15) is 5.69 Å². The normalized spacial score (nSPS) is 17.6. The molecule has 16 heavy (non-hydrogen) atoms. The number of aryl methyl sites for hydroxylation is 2. The van der Waals surface area contributed by atoms with Crippen molar-refractivity contribution in [2.45, 2.75) is 19.8 Å². The third-order valence-electron chi connectivity index (χ3n) is 3.01. The number of anilines is 1. The number of hydrogen-bond acceptors (Lipinski definition) is 4. The highest BCUT2D eigenvalue weighted by Crippen LogP contribution is 2.25. The van der Waals surface area contributed by atoms with E-state index in [2.05, 4.69) is 5.10 Å². The summed E-state index contributed by atoms with van der Waals surface area (Å²) < 4.78 is 12.8. The van der Waals surface area contributed by atoms with Crippen LogP contribution in [0.4, 0.5) is 5.69 Å². The number of hydrogen-bond donors (Lipinski definition) is 1. The molecule has 1 aliphatic heterocycles. The molecule has 0 spiro atoms. The van der Waals surface area contributed by atoms with Gasteiger partial charge in [0.05, 0.1) is 12.3 Å². The van der Waals surface area contributed by atoms with E-state index in [4.69, 9.17) is 15.2 Å². The van der Waals surface area contributed by atoms with Gasteiger partial charge in [-0.1, -0.05) is 0 Å². The molecule has 0 atom stereocenters. The molecule has 1 aromatic heterocycles. The van der Waals surface area contributed by atoms with Gasteiger partial charge >= 0.3 is 0 Å². The lowest BCUT2D eigenvalue weighted by Crippen LogP contribution is -2.22. The lowest BCUT2D eigenvalue weighted by molar-refractivity contribution is 0.0485. The van der Waals surface area contributed by atoms with Crippen molar-refractivity contribution >= 4 is 5.69 Å². The molecule has 2 N–H and O–H groups in total. The molecular weight excluding hydrogens is 206 g/mol. The van der Waals surface area contributed by atoms with Crippen LogP contribution < -0.4 is 10.5 Å². The number of aromatic nitrogens is 2. The zero-order valence-corrected chi connectivity index (χ0v) is 9.90. The summed E-state index contributed by atoms with van der Waals surface area (Å²) in [5.74, 6) is 1.26. The number of nitrogens with zero attached hydrogens (tertiary/aromatic N) is 2. The molecule has 1 fully saturated rings. The van der Waals surface area contributed by atoms with E-state index >= 15 is 0 Å². The molecule has 0 aliphatic carbocycles. The second kappa shape index (κ2) is 4.74. The van der Waals surface area contributed by atoms with Crippen LogP contribution in [0.2, 0.25) is 0 Å². The van der Waals surface area contributed by atoms with Crippen molar-refractivity contribution in [3.8, 4) is 5.88 Å². The molecule has 5 heteroatoms. The summed E-state index contributed by atoms with van der Waals surface area (Å²) in [6.07, 6.45) is 2.13. The minimum absolute atomic E-state index is 0.573. The number of rotatable bonds is 3. The summed E-state index contributed by atoms with van der Waals surface area (Å²) in [5.41, 5.74) is 7.36. The Morgan fingerprint density at radius 1 is 1.50 bits per heavy atom. The summed E-state index contributed by atoms with van der Waals surface area (Å²) in [5, 5.41) is 4.22. The Balaban J connectivity index is 1.93. The van der Waals surface area contributed by atoms with E-state index in [1.54, 1.807) is 4.68 Å². The molecule has 1 aliphatic rings. The predicted octanol–water partition coefficient (Wildman–Crippen LogP) is 1.12. The van der Waals surface area contributed by atoms with E-state index in [0.717, 1.165) is 31.7 Å². The lowest BCUT2D eigenvalue weighted by Gasteiger charge is -2.22. The van der Waals surface area contributed by atoms with Crippen molar-refractivity contribution in [3.05, 3.63) is 5.69 Å².